The van der Waals surface area contributed by atoms with Crippen molar-refractivity contribution in [2.75, 3.05) is 44.2 Å². The summed E-state index contributed by atoms with van der Waals surface area (Å²) in [5.41, 5.74) is 0. The van der Waals surface area contributed by atoms with Crippen LogP contribution in [0.5, 0.6) is 0 Å². The van der Waals surface area contributed by atoms with E-state index < -0.39 is 0 Å². The Morgan fingerprint density at radius 1 is 1.22 bits per heavy atom. The Hall–Kier alpha value is 0.270. The molecule has 2 aliphatic heterocycles. The fourth-order valence-corrected chi connectivity index (χ4v) is 4.14. The summed E-state index contributed by atoms with van der Waals surface area (Å²) in [6.45, 7) is 8.83. The molecule has 1 unspecified atom stereocenters. The van der Waals surface area contributed by atoms with E-state index >= 15 is 0 Å². The minimum Gasteiger partial charge on any atom is -0.316 e. The summed E-state index contributed by atoms with van der Waals surface area (Å²) in [5, 5.41) is 3.66. The third-order valence-corrected chi connectivity index (χ3v) is 5.68. The van der Waals surface area contributed by atoms with E-state index in [1.165, 1.54) is 76.3 Å². The van der Waals surface area contributed by atoms with Gasteiger partial charge in [0.05, 0.1) is 0 Å². The van der Waals surface area contributed by atoms with Gasteiger partial charge in [-0.1, -0.05) is 6.92 Å². The molecule has 0 aliphatic carbocycles. The second-order valence-corrected chi connectivity index (χ2v) is 7.31. The zero-order valence-corrected chi connectivity index (χ0v) is 12.8. The fourth-order valence-electron chi connectivity index (χ4n) is 2.99. The summed E-state index contributed by atoms with van der Waals surface area (Å²) in [7, 11) is 0. The molecular formula is C15H30N2S. The van der Waals surface area contributed by atoms with Crippen molar-refractivity contribution >= 4 is 11.8 Å². The third-order valence-electron chi connectivity index (χ3n) is 4.39. The van der Waals surface area contributed by atoms with Gasteiger partial charge in [0, 0.05) is 0 Å². The van der Waals surface area contributed by atoms with Gasteiger partial charge in [-0.2, -0.15) is 11.8 Å². The molecule has 2 saturated heterocycles. The summed E-state index contributed by atoms with van der Waals surface area (Å²) in [6.07, 6.45) is 7.03. The highest BCUT2D eigenvalue weighted by Crippen LogP contribution is 2.21. The molecule has 0 saturated carbocycles. The topological polar surface area (TPSA) is 15.3 Å². The third kappa shape index (κ3) is 5.50. The first-order valence-corrected chi connectivity index (χ1v) is 9.01. The molecule has 0 aromatic carbocycles. The number of hydrogen-bond acceptors (Lipinski definition) is 3. The molecule has 0 aromatic heterocycles. The van der Waals surface area contributed by atoms with E-state index in [2.05, 4.69) is 28.9 Å². The molecule has 18 heavy (non-hydrogen) atoms. The predicted molar refractivity (Wildman–Crippen MR) is 82.4 cm³/mol. The molecule has 0 radical (unpaired) electrons. The fraction of sp³-hybridized carbons (Fsp3) is 1.00. The molecule has 2 fully saturated rings. The maximum Gasteiger partial charge on any atom is -0.000664 e. The summed E-state index contributed by atoms with van der Waals surface area (Å²) in [5.74, 6) is 4.68. The number of piperidine rings is 1. The first-order chi connectivity index (χ1) is 8.84. The molecule has 0 amide bonds. The van der Waals surface area contributed by atoms with Gasteiger partial charge in [0.1, 0.15) is 0 Å². The molecule has 0 spiro atoms. The molecule has 3 heteroatoms. The van der Waals surface area contributed by atoms with E-state index in [0.29, 0.717) is 0 Å². The maximum absolute atomic E-state index is 3.66. The van der Waals surface area contributed by atoms with Gasteiger partial charge in [-0.05, 0) is 88.2 Å². The lowest BCUT2D eigenvalue weighted by Gasteiger charge is -2.30. The SMILES string of the molecule is CC1CCN(CCCNCC2CCCSC2)CC1. The van der Waals surface area contributed by atoms with Crippen LogP contribution < -0.4 is 5.32 Å². The zero-order chi connectivity index (χ0) is 12.6. The molecule has 2 heterocycles. The van der Waals surface area contributed by atoms with Crippen molar-refractivity contribution < 1.29 is 0 Å². The number of likely N-dealkylation sites (tertiary alicyclic amines) is 1. The van der Waals surface area contributed by atoms with Crippen molar-refractivity contribution in [1.29, 1.82) is 0 Å². The molecule has 1 atom stereocenters. The Labute approximate surface area is 117 Å². The Morgan fingerprint density at radius 3 is 2.78 bits per heavy atom. The highest BCUT2D eigenvalue weighted by atomic mass is 32.2. The lowest BCUT2D eigenvalue weighted by atomic mass is 9.99. The molecule has 0 bridgehead atoms. The smallest absolute Gasteiger partial charge is 0.000664 e. The number of hydrogen-bond donors (Lipinski definition) is 1. The average Bonchev–Trinajstić information content (AvgIpc) is 2.42. The molecule has 2 rings (SSSR count). The first kappa shape index (κ1) is 14.7. The summed E-state index contributed by atoms with van der Waals surface area (Å²) in [4.78, 5) is 2.65. The monoisotopic (exact) mass is 270 g/mol. The molecule has 1 N–H and O–H groups in total. The molecule has 2 nitrogen and oxygen atoms in total. The van der Waals surface area contributed by atoms with Crippen molar-refractivity contribution in [3.8, 4) is 0 Å². The standard InChI is InChI=1S/C15H30N2S/c1-14-5-9-17(10-6-14)8-3-7-16-12-15-4-2-11-18-13-15/h14-16H,2-13H2,1H3. The van der Waals surface area contributed by atoms with E-state index in [4.69, 9.17) is 0 Å². The van der Waals surface area contributed by atoms with Crippen LogP contribution in [-0.4, -0.2) is 49.1 Å². The van der Waals surface area contributed by atoms with E-state index in [1.807, 2.05) is 0 Å². The first-order valence-electron chi connectivity index (χ1n) is 7.85. The van der Waals surface area contributed by atoms with Gasteiger partial charge in [0.25, 0.3) is 0 Å². The van der Waals surface area contributed by atoms with Crippen LogP contribution in [0.3, 0.4) is 0 Å². The van der Waals surface area contributed by atoms with Crippen LogP contribution in [0, 0.1) is 11.8 Å². The van der Waals surface area contributed by atoms with Crippen LogP contribution in [0.15, 0.2) is 0 Å². The second-order valence-electron chi connectivity index (χ2n) is 6.17. The normalized spacial score (nSPS) is 27.5. The van der Waals surface area contributed by atoms with E-state index in [9.17, 15) is 0 Å². The number of nitrogens with zero attached hydrogens (tertiary/aromatic N) is 1. The van der Waals surface area contributed by atoms with Crippen molar-refractivity contribution in [2.24, 2.45) is 11.8 Å². The van der Waals surface area contributed by atoms with Gasteiger partial charge < -0.3 is 10.2 Å². The lowest BCUT2D eigenvalue weighted by Crippen LogP contribution is -2.35. The molecule has 106 valence electrons. The van der Waals surface area contributed by atoms with Gasteiger partial charge in [0.15, 0.2) is 0 Å². The number of nitrogens with one attached hydrogen (secondary N) is 1. The van der Waals surface area contributed by atoms with Gasteiger partial charge in [-0.3, -0.25) is 0 Å². The summed E-state index contributed by atoms with van der Waals surface area (Å²) in [6, 6.07) is 0. The Morgan fingerprint density at radius 2 is 2.06 bits per heavy atom. The van der Waals surface area contributed by atoms with Crippen LogP contribution in [0.1, 0.15) is 39.0 Å². The highest BCUT2D eigenvalue weighted by molar-refractivity contribution is 7.99. The van der Waals surface area contributed by atoms with Crippen LogP contribution in [0.2, 0.25) is 0 Å². The minimum absolute atomic E-state index is 0.944. The predicted octanol–water partition coefficient (Wildman–Crippen LogP) is 2.84. The Kier molecular flexibility index (Phi) is 6.88. The molecule has 0 aromatic rings. The number of rotatable bonds is 6. The van der Waals surface area contributed by atoms with Gasteiger partial charge >= 0.3 is 0 Å². The van der Waals surface area contributed by atoms with Gasteiger partial charge in [-0.15, -0.1) is 0 Å². The van der Waals surface area contributed by atoms with Crippen molar-refractivity contribution in [1.82, 2.24) is 10.2 Å². The van der Waals surface area contributed by atoms with Crippen molar-refractivity contribution in [2.45, 2.75) is 39.0 Å². The van der Waals surface area contributed by atoms with Crippen LogP contribution in [0.25, 0.3) is 0 Å². The van der Waals surface area contributed by atoms with E-state index in [1.54, 1.807) is 0 Å². The van der Waals surface area contributed by atoms with Crippen molar-refractivity contribution in [3.63, 3.8) is 0 Å². The Balaban J connectivity index is 1.43. The van der Waals surface area contributed by atoms with Crippen LogP contribution >= 0.6 is 11.8 Å². The quantitative estimate of drug-likeness (QED) is 0.747. The largest absolute Gasteiger partial charge is 0.316 e. The molecular weight excluding hydrogens is 240 g/mol. The molecule has 2 aliphatic rings. The van der Waals surface area contributed by atoms with Crippen LogP contribution in [0.4, 0.5) is 0 Å². The highest BCUT2D eigenvalue weighted by Gasteiger charge is 2.15. The van der Waals surface area contributed by atoms with Gasteiger partial charge in [-0.25, -0.2) is 0 Å². The lowest BCUT2D eigenvalue weighted by molar-refractivity contribution is 0.190. The van der Waals surface area contributed by atoms with Gasteiger partial charge in [0.2, 0.25) is 0 Å². The van der Waals surface area contributed by atoms with Crippen LogP contribution in [-0.2, 0) is 0 Å². The second kappa shape index (κ2) is 8.44. The number of thioether (sulfide) groups is 1. The Bertz CT molecular complexity index is 209. The minimum atomic E-state index is 0.944. The summed E-state index contributed by atoms with van der Waals surface area (Å²) < 4.78 is 0. The maximum atomic E-state index is 3.66. The average molecular weight is 270 g/mol. The zero-order valence-electron chi connectivity index (χ0n) is 12.0. The summed E-state index contributed by atoms with van der Waals surface area (Å²) >= 11 is 2.14. The van der Waals surface area contributed by atoms with Crippen molar-refractivity contribution in [3.05, 3.63) is 0 Å². The van der Waals surface area contributed by atoms with E-state index in [-0.39, 0.29) is 0 Å². The van der Waals surface area contributed by atoms with E-state index in [0.717, 1.165) is 11.8 Å².